The van der Waals surface area contributed by atoms with Gasteiger partial charge in [-0.15, -0.1) is 0 Å². The van der Waals surface area contributed by atoms with Crippen LogP contribution in [0.4, 0.5) is 36.8 Å². The molecule has 2 atom stereocenters. The van der Waals surface area contributed by atoms with Gasteiger partial charge in [0.25, 0.3) is 0 Å². The van der Waals surface area contributed by atoms with Crippen molar-refractivity contribution < 1.29 is 45.3 Å². The van der Waals surface area contributed by atoms with Gasteiger partial charge in [-0.3, -0.25) is 0 Å². The van der Waals surface area contributed by atoms with E-state index in [9.17, 15) is 31.1 Å². The van der Waals surface area contributed by atoms with E-state index in [0.29, 0.717) is 16.5 Å². The Morgan fingerprint density at radius 2 is 1.89 bits per heavy atom. The zero-order valence-corrected chi connectivity index (χ0v) is 19.0. The second kappa shape index (κ2) is 10.1. The standard InChI is InChI=1S/C23H21F6N3O4/c1-12(2)17-8-15(5-6-19(17)36-21(31)33)34-11-16-10-32(20(35-16)23(27,28)29)14-4-3-13(9-30)18(7-14)22(24,25)26/h3-8,12,16,20H,10-11H2,1-2H3,(H2,31,33). The molecule has 1 amide bonds. The van der Waals surface area contributed by atoms with Gasteiger partial charge in [0.1, 0.15) is 24.2 Å². The van der Waals surface area contributed by atoms with Crippen LogP contribution in [0, 0.1) is 11.3 Å². The Labute approximate surface area is 201 Å². The van der Waals surface area contributed by atoms with Crippen molar-refractivity contribution >= 4 is 11.8 Å². The highest BCUT2D eigenvalue weighted by Gasteiger charge is 2.51. The quantitative estimate of drug-likeness (QED) is 0.521. The summed E-state index contributed by atoms with van der Waals surface area (Å²) in [4.78, 5) is 11.7. The van der Waals surface area contributed by atoms with Crippen molar-refractivity contribution in [2.45, 2.75) is 44.4 Å². The monoisotopic (exact) mass is 517 g/mol. The summed E-state index contributed by atoms with van der Waals surface area (Å²) in [7, 11) is 0. The van der Waals surface area contributed by atoms with Crippen molar-refractivity contribution in [1.29, 1.82) is 5.26 Å². The minimum absolute atomic E-state index is 0.116. The lowest BCUT2D eigenvalue weighted by Crippen LogP contribution is -2.42. The van der Waals surface area contributed by atoms with E-state index < -0.39 is 54.1 Å². The summed E-state index contributed by atoms with van der Waals surface area (Å²) in [5.74, 6) is 0.334. The summed E-state index contributed by atoms with van der Waals surface area (Å²) in [5, 5.41) is 8.94. The van der Waals surface area contributed by atoms with Crippen molar-refractivity contribution in [2.24, 2.45) is 5.73 Å². The molecule has 2 unspecified atom stereocenters. The molecule has 3 rings (SSSR count). The third-order valence-corrected chi connectivity index (χ3v) is 5.30. The van der Waals surface area contributed by atoms with Gasteiger partial charge in [-0.25, -0.2) is 4.79 Å². The molecule has 1 aliphatic rings. The zero-order chi connectivity index (χ0) is 26.8. The van der Waals surface area contributed by atoms with Gasteiger partial charge in [-0.2, -0.15) is 31.6 Å². The van der Waals surface area contributed by atoms with Crippen molar-refractivity contribution in [2.75, 3.05) is 18.1 Å². The first-order chi connectivity index (χ1) is 16.7. The molecule has 1 heterocycles. The predicted molar refractivity (Wildman–Crippen MR) is 114 cm³/mol. The average Bonchev–Trinajstić information content (AvgIpc) is 3.22. The number of carbonyl (C=O) groups excluding carboxylic acids is 1. The summed E-state index contributed by atoms with van der Waals surface area (Å²) in [5.41, 5.74) is 3.15. The van der Waals surface area contributed by atoms with Gasteiger partial charge >= 0.3 is 18.4 Å². The first-order valence-corrected chi connectivity index (χ1v) is 10.5. The Balaban J connectivity index is 1.82. The molecule has 0 aliphatic carbocycles. The molecule has 0 saturated carbocycles. The number of nitrogens with two attached hydrogens (primary N) is 1. The Hall–Kier alpha value is -3.66. The lowest BCUT2D eigenvalue weighted by Gasteiger charge is -2.27. The number of primary amides is 1. The average molecular weight is 517 g/mol. The number of hydrogen-bond donors (Lipinski definition) is 1. The molecule has 1 aliphatic heterocycles. The number of carbonyl (C=O) groups is 1. The van der Waals surface area contributed by atoms with Crippen LogP contribution in [-0.4, -0.2) is 37.8 Å². The maximum atomic E-state index is 13.7. The topological polar surface area (TPSA) is 97.8 Å². The minimum Gasteiger partial charge on any atom is -0.491 e. The van der Waals surface area contributed by atoms with Crippen LogP contribution in [0.15, 0.2) is 36.4 Å². The van der Waals surface area contributed by atoms with Gasteiger partial charge in [-0.05, 0) is 42.3 Å². The van der Waals surface area contributed by atoms with Gasteiger partial charge in [-0.1, -0.05) is 13.8 Å². The van der Waals surface area contributed by atoms with E-state index in [1.807, 2.05) is 13.8 Å². The van der Waals surface area contributed by atoms with E-state index in [0.717, 1.165) is 12.1 Å². The third kappa shape index (κ3) is 6.12. The number of ether oxygens (including phenoxy) is 3. The maximum Gasteiger partial charge on any atom is 0.433 e. The Kier molecular flexibility index (Phi) is 7.59. The van der Waals surface area contributed by atoms with Gasteiger partial charge in [0.05, 0.1) is 23.7 Å². The number of halogens is 6. The van der Waals surface area contributed by atoms with Crippen molar-refractivity contribution in [3.8, 4) is 17.6 Å². The molecule has 1 saturated heterocycles. The van der Waals surface area contributed by atoms with Crippen LogP contribution >= 0.6 is 0 Å². The first kappa shape index (κ1) is 26.9. The first-order valence-electron chi connectivity index (χ1n) is 10.5. The predicted octanol–water partition coefficient (Wildman–Crippen LogP) is 5.33. The number of benzene rings is 2. The molecule has 2 N–H and O–H groups in total. The Bertz CT molecular complexity index is 1160. The third-order valence-electron chi connectivity index (χ3n) is 5.30. The fraction of sp³-hybridized carbons (Fsp3) is 0.391. The van der Waals surface area contributed by atoms with Crippen LogP contribution < -0.4 is 20.1 Å². The number of nitriles is 1. The SMILES string of the molecule is CC(C)c1cc(OCC2CN(c3ccc(C#N)c(C(F)(F)F)c3)C(C(F)(F)F)O2)ccc1OC(N)=O. The number of nitrogens with zero attached hydrogens (tertiary/aromatic N) is 2. The van der Waals surface area contributed by atoms with Crippen molar-refractivity contribution in [1.82, 2.24) is 0 Å². The fourth-order valence-electron chi connectivity index (χ4n) is 3.70. The Morgan fingerprint density at radius 1 is 1.19 bits per heavy atom. The molecule has 0 radical (unpaired) electrons. The highest BCUT2D eigenvalue weighted by atomic mass is 19.4. The molecule has 7 nitrogen and oxygen atoms in total. The molecule has 0 spiro atoms. The molecule has 194 valence electrons. The normalized spacial score (nSPS) is 18.3. The van der Waals surface area contributed by atoms with E-state index >= 15 is 0 Å². The van der Waals surface area contributed by atoms with Crippen LogP contribution in [0.3, 0.4) is 0 Å². The molecule has 36 heavy (non-hydrogen) atoms. The summed E-state index contributed by atoms with van der Waals surface area (Å²) < 4.78 is 96.6. The molecular formula is C23H21F6N3O4. The lowest BCUT2D eigenvalue weighted by atomic mass is 10.0. The number of amides is 1. The van der Waals surface area contributed by atoms with E-state index in [1.165, 1.54) is 24.3 Å². The van der Waals surface area contributed by atoms with Gasteiger partial charge in [0.2, 0.25) is 6.23 Å². The molecule has 0 aromatic heterocycles. The largest absolute Gasteiger partial charge is 0.491 e. The molecule has 1 fully saturated rings. The van der Waals surface area contributed by atoms with Gasteiger partial charge in [0, 0.05) is 11.3 Å². The van der Waals surface area contributed by atoms with Crippen molar-refractivity contribution in [3.05, 3.63) is 53.1 Å². The van der Waals surface area contributed by atoms with Crippen LogP contribution in [0.5, 0.6) is 11.5 Å². The van der Waals surface area contributed by atoms with Crippen LogP contribution in [0.2, 0.25) is 0 Å². The number of rotatable bonds is 6. The summed E-state index contributed by atoms with van der Waals surface area (Å²) in [6.07, 6.45) is -14.5. The zero-order valence-electron chi connectivity index (χ0n) is 19.0. The summed E-state index contributed by atoms with van der Waals surface area (Å²) >= 11 is 0. The summed E-state index contributed by atoms with van der Waals surface area (Å²) in [6, 6.07) is 8.09. The van der Waals surface area contributed by atoms with Crippen molar-refractivity contribution in [3.63, 3.8) is 0 Å². The fourth-order valence-corrected chi connectivity index (χ4v) is 3.70. The second-order valence-corrected chi connectivity index (χ2v) is 8.23. The van der Waals surface area contributed by atoms with E-state index in [-0.39, 0.29) is 24.0 Å². The van der Waals surface area contributed by atoms with Crippen LogP contribution in [0.25, 0.3) is 0 Å². The number of anilines is 1. The van der Waals surface area contributed by atoms with Crippen LogP contribution in [-0.2, 0) is 10.9 Å². The maximum absolute atomic E-state index is 13.7. The van der Waals surface area contributed by atoms with E-state index in [4.69, 9.17) is 25.2 Å². The van der Waals surface area contributed by atoms with Crippen LogP contribution in [0.1, 0.15) is 36.5 Å². The lowest BCUT2D eigenvalue weighted by molar-refractivity contribution is -0.215. The van der Waals surface area contributed by atoms with Gasteiger partial charge < -0.3 is 24.8 Å². The Morgan fingerprint density at radius 3 is 2.44 bits per heavy atom. The number of alkyl halides is 6. The van der Waals surface area contributed by atoms with E-state index in [2.05, 4.69) is 0 Å². The second-order valence-electron chi connectivity index (χ2n) is 8.23. The highest BCUT2D eigenvalue weighted by Crippen LogP contribution is 2.39. The number of hydrogen-bond acceptors (Lipinski definition) is 6. The van der Waals surface area contributed by atoms with E-state index in [1.54, 1.807) is 0 Å². The summed E-state index contributed by atoms with van der Waals surface area (Å²) in [6.45, 7) is 2.85. The molecular weight excluding hydrogens is 496 g/mol. The van der Waals surface area contributed by atoms with Gasteiger partial charge in [0.15, 0.2) is 0 Å². The minimum atomic E-state index is -4.93. The molecule has 13 heteroatoms. The highest BCUT2D eigenvalue weighted by molar-refractivity contribution is 5.69. The molecule has 0 bridgehead atoms. The molecule has 2 aromatic carbocycles. The smallest absolute Gasteiger partial charge is 0.433 e. The molecule has 2 aromatic rings.